The molecular weight excluding hydrogens is 368 g/mol. The number of aryl methyl sites for hydroxylation is 1. The van der Waals surface area contributed by atoms with Crippen LogP contribution in [0.25, 0.3) is 0 Å². The minimum absolute atomic E-state index is 0.127. The number of hydrogen-bond donors (Lipinski definition) is 2. The second kappa shape index (κ2) is 6.50. The summed E-state index contributed by atoms with van der Waals surface area (Å²) in [6.07, 6.45) is 0. The monoisotopic (exact) mass is 382 g/mol. The van der Waals surface area contributed by atoms with Gasteiger partial charge in [0.2, 0.25) is 5.91 Å². The van der Waals surface area contributed by atoms with Crippen LogP contribution in [0.3, 0.4) is 0 Å². The zero-order chi connectivity index (χ0) is 16.3. The minimum Gasteiger partial charge on any atom is -0.326 e. The van der Waals surface area contributed by atoms with Crippen LogP contribution in [-0.4, -0.2) is 14.3 Å². The fourth-order valence-corrected chi connectivity index (χ4v) is 3.14. The lowest BCUT2D eigenvalue weighted by Crippen LogP contribution is -2.13. The van der Waals surface area contributed by atoms with Crippen molar-refractivity contribution >= 4 is 43.2 Å². The van der Waals surface area contributed by atoms with Crippen molar-refractivity contribution in [3.63, 3.8) is 0 Å². The first kappa shape index (κ1) is 16.5. The van der Waals surface area contributed by atoms with Gasteiger partial charge in [-0.2, -0.15) is 0 Å². The van der Waals surface area contributed by atoms with Gasteiger partial charge in [-0.25, -0.2) is 8.42 Å². The van der Waals surface area contributed by atoms with E-state index in [1.54, 1.807) is 30.3 Å². The highest BCUT2D eigenvalue weighted by Crippen LogP contribution is 2.23. The number of halogens is 1. The molecule has 0 aliphatic carbocycles. The third-order valence-corrected chi connectivity index (χ3v) is 5.18. The normalized spacial score (nSPS) is 11.0. The van der Waals surface area contributed by atoms with E-state index in [1.165, 1.54) is 19.1 Å². The van der Waals surface area contributed by atoms with Gasteiger partial charge in [0.25, 0.3) is 10.0 Å². The van der Waals surface area contributed by atoms with Crippen molar-refractivity contribution in [3.05, 3.63) is 52.5 Å². The summed E-state index contributed by atoms with van der Waals surface area (Å²) in [7, 11) is -3.67. The van der Waals surface area contributed by atoms with Crippen LogP contribution in [0, 0.1) is 6.92 Å². The Morgan fingerprint density at radius 1 is 1.05 bits per heavy atom. The third-order valence-electron chi connectivity index (χ3n) is 2.90. The molecule has 2 aromatic rings. The first-order valence-corrected chi connectivity index (χ1v) is 8.72. The van der Waals surface area contributed by atoms with Crippen molar-refractivity contribution in [2.45, 2.75) is 18.7 Å². The van der Waals surface area contributed by atoms with Gasteiger partial charge in [0.1, 0.15) is 0 Å². The van der Waals surface area contributed by atoms with Crippen LogP contribution in [0.2, 0.25) is 0 Å². The standard InChI is InChI=1S/C15H15BrN2O3S/c1-10-9-13(5-8-15(10)16)18-22(20,21)14-6-3-12(4-7-14)17-11(2)19/h3-9,18H,1-2H3,(H,17,19). The smallest absolute Gasteiger partial charge is 0.261 e. The molecule has 2 aromatic carbocycles. The molecule has 2 N–H and O–H groups in total. The molecular formula is C15H15BrN2O3S. The third kappa shape index (κ3) is 4.08. The molecule has 5 nitrogen and oxygen atoms in total. The lowest BCUT2D eigenvalue weighted by atomic mass is 10.2. The number of hydrogen-bond acceptors (Lipinski definition) is 3. The van der Waals surface area contributed by atoms with E-state index in [9.17, 15) is 13.2 Å². The Morgan fingerprint density at radius 2 is 1.64 bits per heavy atom. The van der Waals surface area contributed by atoms with Gasteiger partial charge in [0, 0.05) is 22.8 Å². The van der Waals surface area contributed by atoms with E-state index in [-0.39, 0.29) is 10.8 Å². The molecule has 0 atom stereocenters. The predicted molar refractivity (Wildman–Crippen MR) is 90.4 cm³/mol. The maximum atomic E-state index is 12.3. The molecule has 0 aliphatic rings. The lowest BCUT2D eigenvalue weighted by molar-refractivity contribution is -0.114. The number of benzene rings is 2. The second-order valence-electron chi connectivity index (χ2n) is 4.78. The van der Waals surface area contributed by atoms with Crippen LogP contribution >= 0.6 is 15.9 Å². The molecule has 0 bridgehead atoms. The van der Waals surface area contributed by atoms with Gasteiger partial charge in [-0.3, -0.25) is 9.52 Å². The Kier molecular flexibility index (Phi) is 4.87. The lowest BCUT2D eigenvalue weighted by Gasteiger charge is -2.10. The van der Waals surface area contributed by atoms with Crippen LogP contribution in [0.5, 0.6) is 0 Å². The Hall–Kier alpha value is -1.86. The number of nitrogens with one attached hydrogen (secondary N) is 2. The largest absolute Gasteiger partial charge is 0.326 e. The molecule has 0 saturated carbocycles. The summed E-state index contributed by atoms with van der Waals surface area (Å²) in [5.41, 5.74) is 1.97. The van der Waals surface area contributed by atoms with E-state index in [1.807, 2.05) is 6.92 Å². The molecule has 0 unspecified atom stereocenters. The molecule has 116 valence electrons. The van der Waals surface area contributed by atoms with Crippen molar-refractivity contribution in [1.82, 2.24) is 0 Å². The molecule has 0 heterocycles. The van der Waals surface area contributed by atoms with E-state index in [0.717, 1.165) is 10.0 Å². The number of carbonyl (C=O) groups excluding carboxylic acids is 1. The Labute approximate surface area is 137 Å². The highest BCUT2D eigenvalue weighted by molar-refractivity contribution is 9.10. The molecule has 0 fully saturated rings. The summed E-state index contributed by atoms with van der Waals surface area (Å²) >= 11 is 3.37. The SMILES string of the molecule is CC(=O)Nc1ccc(S(=O)(=O)Nc2ccc(Br)c(C)c2)cc1. The molecule has 7 heteroatoms. The van der Waals surface area contributed by atoms with Gasteiger partial charge in [-0.15, -0.1) is 0 Å². The minimum atomic E-state index is -3.67. The average Bonchev–Trinajstić information content (AvgIpc) is 2.42. The first-order valence-electron chi connectivity index (χ1n) is 6.44. The Bertz CT molecular complexity index is 802. The van der Waals surface area contributed by atoms with Gasteiger partial charge in [-0.1, -0.05) is 15.9 Å². The summed E-state index contributed by atoms with van der Waals surface area (Å²) in [4.78, 5) is 11.1. The van der Waals surface area contributed by atoms with Gasteiger partial charge in [0.15, 0.2) is 0 Å². The molecule has 22 heavy (non-hydrogen) atoms. The highest BCUT2D eigenvalue weighted by Gasteiger charge is 2.14. The molecule has 2 rings (SSSR count). The molecule has 1 amide bonds. The first-order chi connectivity index (χ1) is 10.3. The van der Waals surface area contributed by atoms with Gasteiger partial charge in [0.05, 0.1) is 4.90 Å². The highest BCUT2D eigenvalue weighted by atomic mass is 79.9. The van der Waals surface area contributed by atoms with Crippen LogP contribution < -0.4 is 10.0 Å². The van der Waals surface area contributed by atoms with Crippen LogP contribution in [-0.2, 0) is 14.8 Å². The number of amides is 1. The van der Waals surface area contributed by atoms with Crippen molar-refractivity contribution in [2.75, 3.05) is 10.0 Å². The summed E-state index contributed by atoms with van der Waals surface area (Å²) in [5, 5.41) is 2.59. The van der Waals surface area contributed by atoms with Crippen LogP contribution in [0.15, 0.2) is 51.8 Å². The molecule has 0 aromatic heterocycles. The molecule has 0 radical (unpaired) electrons. The topological polar surface area (TPSA) is 75.3 Å². The quantitative estimate of drug-likeness (QED) is 0.849. The van der Waals surface area contributed by atoms with Crippen LogP contribution in [0.1, 0.15) is 12.5 Å². The molecule has 0 saturated heterocycles. The van der Waals surface area contributed by atoms with Gasteiger partial charge < -0.3 is 5.32 Å². The Morgan fingerprint density at radius 3 is 2.18 bits per heavy atom. The molecule has 0 spiro atoms. The Balaban J connectivity index is 2.22. The number of sulfonamides is 1. The van der Waals surface area contributed by atoms with E-state index in [0.29, 0.717) is 11.4 Å². The zero-order valence-electron chi connectivity index (χ0n) is 12.1. The number of anilines is 2. The predicted octanol–water partition coefficient (Wildman–Crippen LogP) is 3.52. The summed E-state index contributed by atoms with van der Waals surface area (Å²) in [6.45, 7) is 3.27. The van der Waals surface area contributed by atoms with E-state index in [2.05, 4.69) is 26.0 Å². The van der Waals surface area contributed by atoms with Crippen molar-refractivity contribution < 1.29 is 13.2 Å². The molecule has 0 aliphatic heterocycles. The fraction of sp³-hybridized carbons (Fsp3) is 0.133. The van der Waals surface area contributed by atoms with E-state index in [4.69, 9.17) is 0 Å². The zero-order valence-corrected chi connectivity index (χ0v) is 14.5. The maximum Gasteiger partial charge on any atom is 0.261 e. The summed E-state index contributed by atoms with van der Waals surface area (Å²) in [5.74, 6) is -0.209. The number of carbonyl (C=O) groups is 1. The summed E-state index contributed by atoms with van der Waals surface area (Å²) in [6, 6.07) is 11.2. The second-order valence-corrected chi connectivity index (χ2v) is 7.31. The van der Waals surface area contributed by atoms with Crippen molar-refractivity contribution in [3.8, 4) is 0 Å². The number of rotatable bonds is 4. The van der Waals surface area contributed by atoms with Gasteiger partial charge >= 0.3 is 0 Å². The average molecular weight is 383 g/mol. The van der Waals surface area contributed by atoms with Gasteiger partial charge in [-0.05, 0) is 55.0 Å². The van der Waals surface area contributed by atoms with Crippen molar-refractivity contribution in [1.29, 1.82) is 0 Å². The summed E-state index contributed by atoms with van der Waals surface area (Å²) < 4.78 is 28.1. The van der Waals surface area contributed by atoms with E-state index < -0.39 is 10.0 Å². The maximum absolute atomic E-state index is 12.3. The fourth-order valence-electron chi connectivity index (χ4n) is 1.84. The van der Waals surface area contributed by atoms with Crippen LogP contribution in [0.4, 0.5) is 11.4 Å². The van der Waals surface area contributed by atoms with Crippen molar-refractivity contribution in [2.24, 2.45) is 0 Å². The van der Waals surface area contributed by atoms with E-state index >= 15 is 0 Å².